The van der Waals surface area contributed by atoms with Gasteiger partial charge in [-0.2, -0.15) is 0 Å². The van der Waals surface area contributed by atoms with Gasteiger partial charge in [-0.3, -0.25) is 0 Å². The SMILES string of the molecule is C[NH+](C)CC/C=C1/c2ccccc2CCc2ccc(Cl)cc21.[Cl-]. The number of hydrogen-bond acceptors (Lipinski definition) is 0. The van der Waals surface area contributed by atoms with Gasteiger partial charge in [-0.15, -0.1) is 0 Å². The van der Waals surface area contributed by atoms with Crippen LogP contribution in [0.1, 0.15) is 28.7 Å². The highest BCUT2D eigenvalue weighted by molar-refractivity contribution is 6.30. The number of rotatable bonds is 3. The van der Waals surface area contributed by atoms with Gasteiger partial charge in [0.2, 0.25) is 0 Å². The van der Waals surface area contributed by atoms with E-state index < -0.39 is 0 Å². The van der Waals surface area contributed by atoms with Crippen molar-refractivity contribution < 1.29 is 17.3 Å². The first-order valence-electron chi connectivity index (χ1n) is 8.01. The summed E-state index contributed by atoms with van der Waals surface area (Å²) in [5, 5.41) is 0.822. The number of fused-ring (bicyclic) bond motifs is 2. The molecule has 1 nitrogen and oxygen atoms in total. The molecule has 2 aromatic rings. The molecule has 0 saturated carbocycles. The fourth-order valence-corrected chi connectivity index (χ4v) is 3.33. The van der Waals surface area contributed by atoms with Crippen LogP contribution in [0.4, 0.5) is 0 Å². The maximum atomic E-state index is 6.28. The van der Waals surface area contributed by atoms with E-state index in [1.54, 1.807) is 0 Å². The van der Waals surface area contributed by atoms with Crippen LogP contribution in [0.3, 0.4) is 0 Å². The summed E-state index contributed by atoms with van der Waals surface area (Å²) in [6.45, 7) is 1.14. The van der Waals surface area contributed by atoms with Gasteiger partial charge in [0.05, 0.1) is 20.6 Å². The van der Waals surface area contributed by atoms with Gasteiger partial charge in [-0.05, 0) is 52.8 Å². The second kappa shape index (κ2) is 8.01. The topological polar surface area (TPSA) is 4.44 Å². The largest absolute Gasteiger partial charge is 1.00 e. The molecule has 0 aliphatic heterocycles. The molecule has 3 rings (SSSR count). The van der Waals surface area contributed by atoms with Crippen LogP contribution >= 0.6 is 11.6 Å². The van der Waals surface area contributed by atoms with Crippen molar-refractivity contribution in [2.24, 2.45) is 0 Å². The monoisotopic (exact) mass is 347 g/mol. The first-order valence-corrected chi connectivity index (χ1v) is 8.39. The van der Waals surface area contributed by atoms with E-state index in [1.807, 2.05) is 6.07 Å². The zero-order valence-corrected chi connectivity index (χ0v) is 15.2. The van der Waals surface area contributed by atoms with Crippen molar-refractivity contribution in [1.82, 2.24) is 0 Å². The molecule has 0 fully saturated rings. The van der Waals surface area contributed by atoms with Gasteiger partial charge in [-0.1, -0.05) is 48.0 Å². The van der Waals surface area contributed by atoms with Crippen LogP contribution < -0.4 is 17.3 Å². The first kappa shape index (κ1) is 18.1. The van der Waals surface area contributed by atoms with Crippen LogP contribution in [0.5, 0.6) is 0 Å². The van der Waals surface area contributed by atoms with E-state index in [4.69, 9.17) is 11.6 Å². The second-order valence-corrected chi connectivity index (χ2v) is 6.76. The van der Waals surface area contributed by atoms with Gasteiger partial charge in [0, 0.05) is 11.4 Å². The van der Waals surface area contributed by atoms with E-state index in [2.05, 4.69) is 56.6 Å². The van der Waals surface area contributed by atoms with Crippen LogP contribution in [0.15, 0.2) is 48.5 Å². The molecule has 0 bridgehead atoms. The highest BCUT2D eigenvalue weighted by Crippen LogP contribution is 2.35. The highest BCUT2D eigenvalue weighted by atomic mass is 35.5. The van der Waals surface area contributed by atoms with Crippen LogP contribution in [-0.2, 0) is 12.8 Å². The third-order valence-electron chi connectivity index (χ3n) is 4.33. The molecule has 1 aliphatic rings. The normalized spacial score (nSPS) is 14.9. The van der Waals surface area contributed by atoms with Gasteiger partial charge in [0.1, 0.15) is 0 Å². The number of nitrogens with one attached hydrogen (secondary N) is 1. The van der Waals surface area contributed by atoms with Crippen molar-refractivity contribution in [3.63, 3.8) is 0 Å². The van der Waals surface area contributed by atoms with Crippen molar-refractivity contribution in [2.45, 2.75) is 19.3 Å². The number of quaternary nitrogens is 1. The van der Waals surface area contributed by atoms with E-state index in [9.17, 15) is 0 Å². The van der Waals surface area contributed by atoms with Crippen molar-refractivity contribution in [3.8, 4) is 0 Å². The molecule has 3 heteroatoms. The van der Waals surface area contributed by atoms with Crippen molar-refractivity contribution in [3.05, 3.63) is 75.8 Å². The molecule has 0 unspecified atom stereocenters. The fraction of sp³-hybridized carbons (Fsp3) is 0.300. The molecule has 0 atom stereocenters. The Hall–Kier alpha value is -1.28. The smallest absolute Gasteiger partial charge is 0.0802 e. The number of halogens is 2. The molecule has 0 heterocycles. The second-order valence-electron chi connectivity index (χ2n) is 6.32. The van der Waals surface area contributed by atoms with Crippen molar-refractivity contribution >= 4 is 17.2 Å². The molecular weight excluding hydrogens is 325 g/mol. The minimum absolute atomic E-state index is 0. The molecule has 0 radical (unpaired) electrons. The molecule has 2 aromatic carbocycles. The Bertz CT molecular complexity index is 705. The lowest BCUT2D eigenvalue weighted by Crippen LogP contribution is -3.05. The minimum Gasteiger partial charge on any atom is -1.00 e. The first-order chi connectivity index (χ1) is 10.6. The average molecular weight is 348 g/mol. The Morgan fingerprint density at radius 3 is 2.43 bits per heavy atom. The van der Waals surface area contributed by atoms with E-state index in [-0.39, 0.29) is 12.4 Å². The van der Waals surface area contributed by atoms with Crippen LogP contribution in [0.2, 0.25) is 5.02 Å². The van der Waals surface area contributed by atoms with Gasteiger partial charge in [0.15, 0.2) is 0 Å². The Balaban J connectivity index is 0.00000192. The fourth-order valence-electron chi connectivity index (χ4n) is 3.16. The minimum atomic E-state index is 0. The number of aryl methyl sites for hydroxylation is 2. The summed E-state index contributed by atoms with van der Waals surface area (Å²) in [4.78, 5) is 1.48. The zero-order valence-electron chi connectivity index (χ0n) is 13.7. The van der Waals surface area contributed by atoms with E-state index >= 15 is 0 Å². The maximum Gasteiger partial charge on any atom is 0.0802 e. The lowest BCUT2D eigenvalue weighted by molar-refractivity contribution is -0.857. The number of hydrogen-bond donors (Lipinski definition) is 1. The van der Waals surface area contributed by atoms with Gasteiger partial charge < -0.3 is 17.3 Å². The summed E-state index contributed by atoms with van der Waals surface area (Å²) in [5.74, 6) is 0. The van der Waals surface area contributed by atoms with Crippen molar-refractivity contribution in [2.75, 3.05) is 20.6 Å². The predicted octanol–water partition coefficient (Wildman–Crippen LogP) is 0.409. The molecule has 0 saturated heterocycles. The van der Waals surface area contributed by atoms with Gasteiger partial charge in [0.25, 0.3) is 0 Å². The molecule has 1 aliphatic carbocycles. The molecule has 0 spiro atoms. The predicted molar refractivity (Wildman–Crippen MR) is 94.7 cm³/mol. The van der Waals surface area contributed by atoms with E-state index in [0.717, 1.165) is 30.8 Å². The lowest BCUT2D eigenvalue weighted by atomic mass is 9.93. The van der Waals surface area contributed by atoms with Crippen molar-refractivity contribution in [1.29, 1.82) is 0 Å². The molecule has 23 heavy (non-hydrogen) atoms. The molecule has 0 amide bonds. The molecular formula is C20H23Cl2N. The quantitative estimate of drug-likeness (QED) is 0.820. The van der Waals surface area contributed by atoms with Gasteiger partial charge >= 0.3 is 0 Å². The summed E-state index contributed by atoms with van der Waals surface area (Å²) < 4.78 is 0. The molecule has 122 valence electrons. The Kier molecular flexibility index (Phi) is 6.29. The third kappa shape index (κ3) is 4.17. The number of benzene rings is 2. The summed E-state index contributed by atoms with van der Waals surface area (Å²) in [6, 6.07) is 15.1. The Labute approximate surface area is 150 Å². The van der Waals surface area contributed by atoms with Crippen LogP contribution in [0, 0.1) is 0 Å². The van der Waals surface area contributed by atoms with Gasteiger partial charge in [-0.25, -0.2) is 0 Å². The Morgan fingerprint density at radius 2 is 1.70 bits per heavy atom. The summed E-state index contributed by atoms with van der Waals surface area (Å²) >= 11 is 6.28. The third-order valence-corrected chi connectivity index (χ3v) is 4.56. The highest BCUT2D eigenvalue weighted by Gasteiger charge is 2.17. The zero-order chi connectivity index (χ0) is 15.5. The van der Waals surface area contributed by atoms with Crippen LogP contribution in [0.25, 0.3) is 5.57 Å². The standard InChI is InChI=1S/C20H22ClN.ClH/c1-22(2)13-5-8-19-18-7-4-3-6-15(18)9-10-16-11-12-17(21)14-20(16)19;/h3-4,6-8,11-12,14H,5,9-10,13H2,1-2H3;1H/b19-8-;. The molecule has 0 aromatic heterocycles. The van der Waals surface area contributed by atoms with Crippen LogP contribution in [-0.4, -0.2) is 20.6 Å². The average Bonchev–Trinajstić information content (AvgIpc) is 2.65. The molecule has 1 N–H and O–H groups in total. The lowest BCUT2D eigenvalue weighted by Gasteiger charge is -2.13. The van der Waals surface area contributed by atoms with E-state index in [0.29, 0.717) is 0 Å². The summed E-state index contributed by atoms with van der Waals surface area (Å²) in [7, 11) is 4.40. The Morgan fingerprint density at radius 1 is 1.00 bits per heavy atom. The maximum absolute atomic E-state index is 6.28. The summed E-state index contributed by atoms with van der Waals surface area (Å²) in [5.41, 5.74) is 6.89. The van der Waals surface area contributed by atoms with E-state index in [1.165, 1.54) is 32.7 Å². The summed E-state index contributed by atoms with van der Waals surface area (Å²) in [6.07, 6.45) is 5.66.